The van der Waals surface area contributed by atoms with Crippen LogP contribution in [0.5, 0.6) is 0 Å². The number of hydrogen-bond donors (Lipinski definition) is 1. The first-order valence-electron chi connectivity index (χ1n) is 11.0. The van der Waals surface area contributed by atoms with Crippen molar-refractivity contribution < 1.29 is 14.3 Å². The Kier molecular flexibility index (Phi) is 4.53. The second kappa shape index (κ2) is 6.97. The van der Waals surface area contributed by atoms with Crippen LogP contribution in [0.3, 0.4) is 0 Å². The molecular formula is C22H29N3O4. The number of morpholine rings is 1. The van der Waals surface area contributed by atoms with Crippen LogP contribution in [-0.4, -0.2) is 64.0 Å². The standard InChI is InChI=1S/C22H29N3O4/c1-2-19(26)24-8-9-29-22(13-24)11-15-6-7-16(12-22)25(15)21(28)17-10-14-4-3-5-18(14)23-20(17)27/h10,15-16H,2-9,11-13H2,1H3,(H,23,27)/t15-,16+,22?. The van der Waals surface area contributed by atoms with Gasteiger partial charge in [0.2, 0.25) is 5.91 Å². The molecule has 29 heavy (non-hydrogen) atoms. The summed E-state index contributed by atoms with van der Waals surface area (Å²) >= 11 is 0. The molecule has 3 aliphatic heterocycles. The summed E-state index contributed by atoms with van der Waals surface area (Å²) in [6.45, 7) is 3.72. The summed E-state index contributed by atoms with van der Waals surface area (Å²) in [5, 5.41) is 0. The number of carbonyl (C=O) groups is 2. The number of hydrogen-bond acceptors (Lipinski definition) is 4. The lowest BCUT2D eigenvalue weighted by Crippen LogP contribution is -2.61. The number of fused-ring (bicyclic) bond motifs is 3. The van der Waals surface area contributed by atoms with Crippen molar-refractivity contribution in [3.63, 3.8) is 0 Å². The van der Waals surface area contributed by atoms with Gasteiger partial charge < -0.3 is 19.5 Å². The molecule has 4 heterocycles. The molecule has 5 rings (SSSR count). The van der Waals surface area contributed by atoms with E-state index in [1.165, 1.54) is 0 Å². The third-order valence-corrected chi connectivity index (χ3v) is 7.29. The largest absolute Gasteiger partial charge is 0.371 e. The van der Waals surface area contributed by atoms with Crippen molar-refractivity contribution in [2.24, 2.45) is 0 Å². The van der Waals surface area contributed by atoms with E-state index in [2.05, 4.69) is 4.98 Å². The zero-order chi connectivity index (χ0) is 20.2. The van der Waals surface area contributed by atoms with Gasteiger partial charge in [-0.25, -0.2) is 0 Å². The Morgan fingerprint density at radius 2 is 2.00 bits per heavy atom. The third-order valence-electron chi connectivity index (χ3n) is 7.29. The molecule has 1 aromatic rings. The SMILES string of the molecule is CCC(=O)N1CCOC2(C[C@H]3CC[C@@H](C2)N3C(=O)c2cc3c([nH]c2=O)CCC3)C1. The van der Waals surface area contributed by atoms with Crippen LogP contribution >= 0.6 is 0 Å². The number of nitrogens with zero attached hydrogens (tertiary/aromatic N) is 2. The third kappa shape index (κ3) is 3.10. The fraction of sp³-hybridized carbons (Fsp3) is 0.682. The second-order valence-electron chi connectivity index (χ2n) is 9.08. The first-order valence-corrected chi connectivity index (χ1v) is 11.0. The fourth-order valence-electron chi connectivity index (χ4n) is 5.98. The average Bonchev–Trinajstić information content (AvgIpc) is 3.28. The predicted molar refractivity (Wildman–Crippen MR) is 107 cm³/mol. The molecule has 1 N–H and O–H groups in total. The maximum Gasteiger partial charge on any atom is 0.261 e. The number of aryl methyl sites for hydroxylation is 2. The number of rotatable bonds is 2. The van der Waals surface area contributed by atoms with Crippen LogP contribution in [0.15, 0.2) is 10.9 Å². The van der Waals surface area contributed by atoms with E-state index in [1.807, 2.05) is 22.8 Å². The number of amides is 2. The van der Waals surface area contributed by atoms with Crippen LogP contribution in [-0.2, 0) is 22.4 Å². The van der Waals surface area contributed by atoms with Gasteiger partial charge in [-0.05, 0) is 56.6 Å². The summed E-state index contributed by atoms with van der Waals surface area (Å²) in [4.78, 5) is 45.0. The Bertz CT molecular complexity index is 894. The minimum absolute atomic E-state index is 0.0746. The van der Waals surface area contributed by atoms with Gasteiger partial charge in [-0.2, -0.15) is 0 Å². The lowest BCUT2D eigenvalue weighted by molar-refractivity contribution is -0.163. The fourth-order valence-corrected chi connectivity index (χ4v) is 5.98. The second-order valence-corrected chi connectivity index (χ2v) is 9.08. The summed E-state index contributed by atoms with van der Waals surface area (Å²) < 4.78 is 6.23. The number of aromatic amines is 1. The molecule has 1 aliphatic carbocycles. The topological polar surface area (TPSA) is 82.7 Å². The number of piperidine rings is 1. The van der Waals surface area contributed by atoms with Gasteiger partial charge in [0.1, 0.15) is 5.56 Å². The van der Waals surface area contributed by atoms with E-state index in [-0.39, 0.29) is 40.6 Å². The first-order chi connectivity index (χ1) is 14.0. The van der Waals surface area contributed by atoms with E-state index in [1.54, 1.807) is 0 Å². The van der Waals surface area contributed by atoms with Crippen LogP contribution < -0.4 is 5.56 Å². The molecule has 3 fully saturated rings. The van der Waals surface area contributed by atoms with Gasteiger partial charge in [-0.15, -0.1) is 0 Å². The maximum atomic E-state index is 13.4. The lowest BCUT2D eigenvalue weighted by Gasteiger charge is -2.50. The molecule has 3 saturated heterocycles. The number of ether oxygens (including phenoxy) is 1. The average molecular weight is 399 g/mol. The summed E-state index contributed by atoms with van der Waals surface area (Å²) in [6.07, 6.45) is 6.72. The summed E-state index contributed by atoms with van der Waals surface area (Å²) in [6, 6.07) is 1.97. The Morgan fingerprint density at radius 3 is 2.72 bits per heavy atom. The molecule has 1 aromatic heterocycles. The minimum atomic E-state index is -0.351. The maximum absolute atomic E-state index is 13.4. The Hall–Kier alpha value is -2.15. The molecule has 7 nitrogen and oxygen atoms in total. The van der Waals surface area contributed by atoms with Crippen molar-refractivity contribution in [1.29, 1.82) is 0 Å². The van der Waals surface area contributed by atoms with Gasteiger partial charge in [-0.1, -0.05) is 6.92 Å². The van der Waals surface area contributed by atoms with Crippen molar-refractivity contribution in [2.45, 2.75) is 76.0 Å². The molecule has 3 atom stereocenters. The highest BCUT2D eigenvalue weighted by Crippen LogP contribution is 2.44. The highest BCUT2D eigenvalue weighted by molar-refractivity contribution is 5.95. The molecule has 156 valence electrons. The molecule has 0 saturated carbocycles. The zero-order valence-electron chi connectivity index (χ0n) is 17.0. The molecule has 2 amide bonds. The van der Waals surface area contributed by atoms with Crippen molar-refractivity contribution in [2.75, 3.05) is 19.7 Å². The zero-order valence-corrected chi connectivity index (χ0v) is 17.0. The van der Waals surface area contributed by atoms with Gasteiger partial charge >= 0.3 is 0 Å². The Morgan fingerprint density at radius 1 is 1.24 bits per heavy atom. The first kappa shape index (κ1) is 18.9. The highest BCUT2D eigenvalue weighted by atomic mass is 16.5. The van der Waals surface area contributed by atoms with E-state index in [9.17, 15) is 14.4 Å². The van der Waals surface area contributed by atoms with E-state index in [4.69, 9.17) is 4.74 Å². The molecule has 0 aromatic carbocycles. The summed E-state index contributed by atoms with van der Waals surface area (Å²) in [5.41, 5.74) is 1.77. The monoisotopic (exact) mass is 399 g/mol. The van der Waals surface area contributed by atoms with Crippen molar-refractivity contribution in [3.05, 3.63) is 33.2 Å². The molecular weight excluding hydrogens is 370 g/mol. The van der Waals surface area contributed by atoms with E-state index in [0.29, 0.717) is 26.1 Å². The van der Waals surface area contributed by atoms with Crippen LogP contribution in [0, 0.1) is 0 Å². The molecule has 4 aliphatic rings. The molecule has 7 heteroatoms. The number of aromatic nitrogens is 1. The quantitative estimate of drug-likeness (QED) is 0.820. The summed E-state index contributed by atoms with van der Waals surface area (Å²) in [7, 11) is 0. The van der Waals surface area contributed by atoms with Crippen LogP contribution in [0.25, 0.3) is 0 Å². The number of H-pyrrole nitrogens is 1. The van der Waals surface area contributed by atoms with Gasteiger partial charge in [0.15, 0.2) is 0 Å². The number of carbonyl (C=O) groups excluding carboxylic acids is 2. The van der Waals surface area contributed by atoms with Gasteiger partial charge in [-0.3, -0.25) is 14.4 Å². The number of nitrogens with one attached hydrogen (secondary N) is 1. The smallest absolute Gasteiger partial charge is 0.261 e. The van der Waals surface area contributed by atoms with Crippen molar-refractivity contribution >= 4 is 11.8 Å². The molecule has 1 spiro atoms. The van der Waals surface area contributed by atoms with Crippen LogP contribution in [0.4, 0.5) is 0 Å². The summed E-state index contributed by atoms with van der Waals surface area (Å²) in [5.74, 6) is 0.0313. The van der Waals surface area contributed by atoms with Gasteiger partial charge in [0, 0.05) is 37.3 Å². The normalized spacial score (nSPS) is 30.7. The van der Waals surface area contributed by atoms with Gasteiger partial charge in [0.25, 0.3) is 11.5 Å². The Labute approximate surface area is 170 Å². The van der Waals surface area contributed by atoms with Crippen LogP contribution in [0.1, 0.15) is 67.1 Å². The Balaban J connectivity index is 1.38. The molecule has 2 bridgehead atoms. The van der Waals surface area contributed by atoms with Gasteiger partial charge in [0.05, 0.1) is 12.2 Å². The van der Waals surface area contributed by atoms with Crippen LogP contribution in [0.2, 0.25) is 0 Å². The highest BCUT2D eigenvalue weighted by Gasteiger charge is 2.53. The minimum Gasteiger partial charge on any atom is -0.371 e. The predicted octanol–water partition coefficient (Wildman–Crippen LogP) is 1.64. The molecule has 0 radical (unpaired) electrons. The van der Waals surface area contributed by atoms with E-state index in [0.717, 1.165) is 56.2 Å². The van der Waals surface area contributed by atoms with Crippen molar-refractivity contribution in [1.82, 2.24) is 14.8 Å². The van der Waals surface area contributed by atoms with Crippen molar-refractivity contribution in [3.8, 4) is 0 Å². The number of pyridine rings is 1. The lowest BCUT2D eigenvalue weighted by atomic mass is 9.84. The molecule has 1 unspecified atom stereocenters. The van der Waals surface area contributed by atoms with E-state index >= 15 is 0 Å². The van der Waals surface area contributed by atoms with E-state index < -0.39 is 0 Å².